The molecule has 0 spiro atoms. The molecule has 1 aliphatic carbocycles. The third-order valence-electron chi connectivity index (χ3n) is 5.00. The molecule has 3 aromatic heterocycles. The quantitative estimate of drug-likeness (QED) is 0.333. The zero-order valence-corrected chi connectivity index (χ0v) is 18.0. The number of hydrogen-bond donors (Lipinski definition) is 0. The summed E-state index contributed by atoms with van der Waals surface area (Å²) in [7, 11) is 0. The minimum Gasteiger partial charge on any atom is -0.339 e. The molecule has 0 saturated carbocycles. The van der Waals surface area contributed by atoms with Crippen LogP contribution in [-0.4, -0.2) is 19.7 Å². The Bertz CT molecular complexity index is 1080. The van der Waals surface area contributed by atoms with Crippen molar-refractivity contribution in [2.75, 3.05) is 0 Å². The summed E-state index contributed by atoms with van der Waals surface area (Å²) in [5, 5.41) is 5.52. The normalized spacial score (nSPS) is 16.6. The monoisotopic (exact) mass is 416 g/mol. The molecule has 4 rings (SSSR count). The Morgan fingerprint density at radius 3 is 2.96 bits per heavy atom. The predicted molar refractivity (Wildman–Crippen MR) is 113 cm³/mol. The molecule has 0 aliphatic heterocycles. The van der Waals surface area contributed by atoms with Crippen LogP contribution in [0.4, 0.5) is 0 Å². The van der Waals surface area contributed by atoms with Crippen LogP contribution in [0.25, 0.3) is 10.2 Å². The minimum atomic E-state index is 0.0374. The highest BCUT2D eigenvalue weighted by atomic mass is 32.2. The molecule has 1 unspecified atom stereocenters. The van der Waals surface area contributed by atoms with Crippen molar-refractivity contribution in [2.24, 2.45) is 5.92 Å². The van der Waals surface area contributed by atoms with Crippen molar-refractivity contribution in [3.05, 3.63) is 45.2 Å². The number of thioether (sulfide) groups is 1. The highest BCUT2D eigenvalue weighted by Crippen LogP contribution is 2.36. The van der Waals surface area contributed by atoms with Gasteiger partial charge in [-0.25, -0.2) is 4.98 Å². The van der Waals surface area contributed by atoms with Crippen LogP contribution < -0.4 is 5.56 Å². The number of allylic oxidation sites excluding steroid dienone is 1. The van der Waals surface area contributed by atoms with Gasteiger partial charge in [0.05, 0.1) is 11.1 Å². The van der Waals surface area contributed by atoms with E-state index in [-0.39, 0.29) is 11.5 Å². The van der Waals surface area contributed by atoms with E-state index in [2.05, 4.69) is 23.6 Å². The lowest BCUT2D eigenvalue weighted by Crippen LogP contribution is -2.23. The van der Waals surface area contributed by atoms with Gasteiger partial charge in [0.1, 0.15) is 4.83 Å². The maximum Gasteiger partial charge on any atom is 0.263 e. The fourth-order valence-electron chi connectivity index (χ4n) is 3.49. The third kappa shape index (κ3) is 3.55. The summed E-state index contributed by atoms with van der Waals surface area (Å²) in [6.07, 6.45) is 4.88. The second kappa shape index (κ2) is 7.83. The summed E-state index contributed by atoms with van der Waals surface area (Å²) in [5.41, 5.74) is 1.25. The molecule has 3 aromatic rings. The summed E-state index contributed by atoms with van der Waals surface area (Å²) in [4.78, 5) is 24.7. The number of hydrogen-bond acceptors (Lipinski definition) is 7. The van der Waals surface area contributed by atoms with Gasteiger partial charge in [0.2, 0.25) is 5.89 Å². The standard InChI is InChI=1S/C20H24N4O2S2/c1-5-8-24-19(25)16-13-7-6-12(4)9-14(13)28-18(16)22-20(24)27-10-15-21-17(11(2)3)26-23-15/h5,11-12H,1,6-10H2,2-4H3. The number of rotatable bonds is 6. The SMILES string of the molecule is C=CCn1c(SCc2noc(C(C)C)n2)nc2sc3c(c2c1=O)CCC(C)C3. The first-order valence-corrected chi connectivity index (χ1v) is 11.4. The van der Waals surface area contributed by atoms with E-state index in [1.54, 1.807) is 22.0 Å². The molecule has 28 heavy (non-hydrogen) atoms. The maximum atomic E-state index is 13.3. The third-order valence-corrected chi connectivity index (χ3v) is 7.12. The first kappa shape index (κ1) is 19.4. The van der Waals surface area contributed by atoms with Crippen LogP contribution in [-0.2, 0) is 25.1 Å². The lowest BCUT2D eigenvalue weighted by atomic mass is 9.89. The van der Waals surface area contributed by atoms with Crippen molar-refractivity contribution in [2.45, 2.75) is 63.4 Å². The van der Waals surface area contributed by atoms with Crippen LogP contribution in [0.2, 0.25) is 0 Å². The van der Waals surface area contributed by atoms with Gasteiger partial charge in [0.15, 0.2) is 11.0 Å². The van der Waals surface area contributed by atoms with Gasteiger partial charge in [-0.1, -0.05) is 43.8 Å². The fraction of sp³-hybridized carbons (Fsp3) is 0.500. The summed E-state index contributed by atoms with van der Waals surface area (Å²) in [6.45, 7) is 10.6. The summed E-state index contributed by atoms with van der Waals surface area (Å²) >= 11 is 3.14. The average Bonchev–Trinajstić information content (AvgIpc) is 3.26. The number of nitrogens with zero attached hydrogens (tertiary/aromatic N) is 4. The largest absolute Gasteiger partial charge is 0.339 e. The van der Waals surface area contributed by atoms with Crippen molar-refractivity contribution in [3.63, 3.8) is 0 Å². The van der Waals surface area contributed by atoms with Crippen molar-refractivity contribution < 1.29 is 4.52 Å². The van der Waals surface area contributed by atoms with Crippen molar-refractivity contribution in [3.8, 4) is 0 Å². The van der Waals surface area contributed by atoms with Crippen molar-refractivity contribution in [1.29, 1.82) is 0 Å². The van der Waals surface area contributed by atoms with E-state index in [1.165, 1.54) is 22.2 Å². The molecule has 3 heterocycles. The number of aryl methyl sites for hydroxylation is 1. The molecule has 0 fully saturated rings. The molecule has 1 atom stereocenters. The van der Waals surface area contributed by atoms with Gasteiger partial charge < -0.3 is 4.52 Å². The number of aromatic nitrogens is 4. The average molecular weight is 417 g/mol. The second-order valence-electron chi connectivity index (χ2n) is 7.62. The van der Waals surface area contributed by atoms with Gasteiger partial charge in [0, 0.05) is 17.3 Å². The van der Waals surface area contributed by atoms with Gasteiger partial charge in [0.25, 0.3) is 5.56 Å². The summed E-state index contributed by atoms with van der Waals surface area (Å²) in [5.74, 6) is 2.61. The first-order valence-electron chi connectivity index (χ1n) is 9.59. The van der Waals surface area contributed by atoms with Gasteiger partial charge in [-0.05, 0) is 30.7 Å². The van der Waals surface area contributed by atoms with Crippen LogP contribution in [0.1, 0.15) is 55.3 Å². The first-order chi connectivity index (χ1) is 13.5. The molecule has 6 nitrogen and oxygen atoms in total. The zero-order chi connectivity index (χ0) is 19.8. The van der Waals surface area contributed by atoms with Gasteiger partial charge in [-0.2, -0.15) is 4.98 Å². The van der Waals surface area contributed by atoms with Crippen LogP contribution in [0.15, 0.2) is 27.1 Å². The zero-order valence-electron chi connectivity index (χ0n) is 16.4. The van der Waals surface area contributed by atoms with Gasteiger partial charge in [-0.15, -0.1) is 17.9 Å². The van der Waals surface area contributed by atoms with E-state index in [9.17, 15) is 4.79 Å². The van der Waals surface area contributed by atoms with Crippen LogP contribution >= 0.6 is 23.1 Å². The lowest BCUT2D eigenvalue weighted by molar-refractivity contribution is 0.362. The van der Waals surface area contributed by atoms with E-state index in [0.29, 0.717) is 35.1 Å². The highest BCUT2D eigenvalue weighted by Gasteiger charge is 2.24. The Labute approximate surface area is 172 Å². The molecular formula is C20H24N4O2S2. The summed E-state index contributed by atoms with van der Waals surface area (Å²) in [6, 6.07) is 0. The van der Waals surface area contributed by atoms with Crippen molar-refractivity contribution >= 4 is 33.3 Å². The molecule has 0 aromatic carbocycles. The minimum absolute atomic E-state index is 0.0374. The second-order valence-corrected chi connectivity index (χ2v) is 9.65. The molecular weight excluding hydrogens is 392 g/mol. The Balaban J connectivity index is 1.71. The van der Waals surface area contributed by atoms with E-state index >= 15 is 0 Å². The Kier molecular flexibility index (Phi) is 5.42. The topological polar surface area (TPSA) is 73.8 Å². The molecule has 0 bridgehead atoms. The van der Waals surface area contributed by atoms with Gasteiger partial charge >= 0.3 is 0 Å². The molecule has 0 N–H and O–H groups in total. The molecule has 0 amide bonds. The summed E-state index contributed by atoms with van der Waals surface area (Å²) < 4.78 is 6.99. The smallest absolute Gasteiger partial charge is 0.263 e. The Morgan fingerprint density at radius 1 is 1.43 bits per heavy atom. The molecule has 1 aliphatic rings. The molecule has 148 valence electrons. The maximum absolute atomic E-state index is 13.3. The van der Waals surface area contributed by atoms with Crippen molar-refractivity contribution in [1.82, 2.24) is 19.7 Å². The van der Waals surface area contributed by atoms with E-state index in [0.717, 1.165) is 29.5 Å². The van der Waals surface area contributed by atoms with Gasteiger partial charge in [-0.3, -0.25) is 9.36 Å². The van der Waals surface area contributed by atoms with E-state index < -0.39 is 0 Å². The fourth-order valence-corrected chi connectivity index (χ4v) is 5.77. The molecule has 0 saturated heterocycles. The Morgan fingerprint density at radius 2 is 2.25 bits per heavy atom. The predicted octanol–water partition coefficient (Wildman–Crippen LogP) is 4.57. The van der Waals surface area contributed by atoms with Crippen LogP contribution in [0.5, 0.6) is 0 Å². The van der Waals surface area contributed by atoms with E-state index in [4.69, 9.17) is 9.51 Å². The highest BCUT2D eigenvalue weighted by molar-refractivity contribution is 7.98. The molecule has 0 radical (unpaired) electrons. The van der Waals surface area contributed by atoms with Crippen LogP contribution in [0, 0.1) is 5.92 Å². The number of fused-ring (bicyclic) bond motifs is 3. The lowest BCUT2D eigenvalue weighted by Gasteiger charge is -2.17. The number of thiophene rings is 1. The van der Waals surface area contributed by atoms with Crippen LogP contribution in [0.3, 0.4) is 0 Å². The van der Waals surface area contributed by atoms with E-state index in [1.807, 2.05) is 13.8 Å². The Hall–Kier alpha value is -1.93. The molecule has 8 heteroatoms.